The molecule has 1 fully saturated rings. The number of carbonyl (C=O) groups excluding carboxylic acids is 1. The molecule has 2 unspecified atom stereocenters. The van der Waals surface area contributed by atoms with Gasteiger partial charge in [-0.15, -0.1) is 0 Å². The van der Waals surface area contributed by atoms with Gasteiger partial charge in [-0.05, 0) is 12.3 Å². The Balaban J connectivity index is 2.06. The van der Waals surface area contributed by atoms with Crippen molar-refractivity contribution >= 4 is 11.9 Å². The number of hydrogen-bond donors (Lipinski definition) is 1. The van der Waals surface area contributed by atoms with E-state index in [1.54, 1.807) is 0 Å². The number of aliphatic carboxylic acids is 1. The van der Waals surface area contributed by atoms with Crippen LogP contribution < -0.4 is 0 Å². The highest BCUT2D eigenvalue weighted by Crippen LogP contribution is 2.24. The summed E-state index contributed by atoms with van der Waals surface area (Å²) in [6, 6.07) is -0.717. The van der Waals surface area contributed by atoms with Gasteiger partial charge in [0.1, 0.15) is 25.2 Å². The zero-order valence-electron chi connectivity index (χ0n) is 9.48. The zero-order valence-corrected chi connectivity index (χ0v) is 9.48. The first kappa shape index (κ1) is 11.6. The van der Waals surface area contributed by atoms with Gasteiger partial charge >= 0.3 is 5.97 Å². The fraction of sp³-hybridized carbons (Fsp3) is 0.600. The van der Waals surface area contributed by atoms with E-state index in [-0.39, 0.29) is 18.4 Å². The molecule has 1 aliphatic rings. The number of hydrogen-bond acceptors (Lipinski definition) is 4. The smallest absolute Gasteiger partial charge is 0.326 e. The highest BCUT2D eigenvalue weighted by Gasteiger charge is 2.39. The van der Waals surface area contributed by atoms with Gasteiger partial charge in [-0.1, -0.05) is 6.92 Å². The first-order chi connectivity index (χ1) is 8.09. The Morgan fingerprint density at radius 1 is 1.53 bits per heavy atom. The van der Waals surface area contributed by atoms with Crippen molar-refractivity contribution in [2.75, 3.05) is 6.54 Å². The summed E-state index contributed by atoms with van der Waals surface area (Å²) in [5.74, 6) is -1.18. The monoisotopic (exact) mass is 238 g/mol. The first-order valence-electron chi connectivity index (χ1n) is 5.44. The second-order valence-corrected chi connectivity index (χ2v) is 4.23. The number of carboxylic acid groups (broad SMARTS) is 1. The molecule has 0 bridgehead atoms. The van der Waals surface area contributed by atoms with Crippen molar-refractivity contribution in [1.82, 2.24) is 19.7 Å². The second-order valence-electron chi connectivity index (χ2n) is 4.23. The number of carboxylic acids is 1. The second kappa shape index (κ2) is 4.52. The fourth-order valence-corrected chi connectivity index (χ4v) is 2.15. The Morgan fingerprint density at radius 2 is 2.29 bits per heavy atom. The van der Waals surface area contributed by atoms with Crippen LogP contribution in [0.5, 0.6) is 0 Å². The van der Waals surface area contributed by atoms with Crippen molar-refractivity contribution in [3.8, 4) is 0 Å². The first-order valence-corrected chi connectivity index (χ1v) is 5.44. The molecule has 92 valence electrons. The fourth-order valence-electron chi connectivity index (χ4n) is 2.15. The number of carbonyl (C=O) groups is 2. The zero-order chi connectivity index (χ0) is 12.4. The Kier molecular flexibility index (Phi) is 3.08. The Labute approximate surface area is 98.0 Å². The van der Waals surface area contributed by atoms with Crippen LogP contribution >= 0.6 is 0 Å². The van der Waals surface area contributed by atoms with Crippen LogP contribution in [0.1, 0.15) is 13.3 Å². The molecule has 1 aromatic heterocycles. The van der Waals surface area contributed by atoms with Gasteiger partial charge in [-0.2, -0.15) is 5.10 Å². The number of likely N-dealkylation sites (tertiary alicyclic amines) is 1. The Hall–Kier alpha value is -1.92. The van der Waals surface area contributed by atoms with Gasteiger partial charge in [0.05, 0.1) is 0 Å². The van der Waals surface area contributed by atoms with E-state index in [1.165, 1.54) is 22.2 Å². The van der Waals surface area contributed by atoms with Crippen LogP contribution in [0.2, 0.25) is 0 Å². The third-order valence-electron chi connectivity index (χ3n) is 3.04. The van der Waals surface area contributed by atoms with Crippen molar-refractivity contribution in [2.24, 2.45) is 5.92 Å². The van der Waals surface area contributed by atoms with Crippen LogP contribution in [0.25, 0.3) is 0 Å². The van der Waals surface area contributed by atoms with E-state index in [0.717, 1.165) is 6.42 Å². The van der Waals surface area contributed by atoms with Gasteiger partial charge in [-0.25, -0.2) is 14.5 Å². The minimum absolute atomic E-state index is 0.00723. The van der Waals surface area contributed by atoms with Gasteiger partial charge in [0.25, 0.3) is 0 Å². The third-order valence-corrected chi connectivity index (χ3v) is 3.04. The number of nitrogens with zero attached hydrogens (tertiary/aromatic N) is 4. The molecule has 1 saturated heterocycles. The summed E-state index contributed by atoms with van der Waals surface area (Å²) < 4.78 is 1.39. The lowest BCUT2D eigenvalue weighted by Gasteiger charge is -2.23. The molecule has 17 heavy (non-hydrogen) atoms. The lowest BCUT2D eigenvalue weighted by molar-refractivity contribution is -0.149. The summed E-state index contributed by atoms with van der Waals surface area (Å²) >= 11 is 0. The predicted molar refractivity (Wildman–Crippen MR) is 56.9 cm³/mol. The molecule has 0 spiro atoms. The number of rotatable bonds is 3. The lowest BCUT2D eigenvalue weighted by Crippen LogP contribution is -2.44. The predicted octanol–water partition coefficient (Wildman–Crippen LogP) is -0.400. The molecule has 7 heteroatoms. The quantitative estimate of drug-likeness (QED) is 0.774. The summed E-state index contributed by atoms with van der Waals surface area (Å²) in [4.78, 5) is 28.2. The van der Waals surface area contributed by atoms with Gasteiger partial charge in [0, 0.05) is 6.54 Å². The maximum atomic E-state index is 11.9. The summed E-state index contributed by atoms with van der Waals surface area (Å²) in [7, 11) is 0. The van der Waals surface area contributed by atoms with Crippen molar-refractivity contribution < 1.29 is 14.7 Å². The summed E-state index contributed by atoms with van der Waals surface area (Å²) in [5.41, 5.74) is 0. The molecule has 2 rings (SSSR count). The van der Waals surface area contributed by atoms with Crippen LogP contribution in [-0.2, 0) is 16.1 Å². The van der Waals surface area contributed by atoms with Crippen LogP contribution in [0, 0.1) is 5.92 Å². The van der Waals surface area contributed by atoms with Crippen LogP contribution in [0.15, 0.2) is 12.7 Å². The number of aromatic nitrogens is 3. The normalized spacial score (nSPS) is 23.9. The van der Waals surface area contributed by atoms with Crippen molar-refractivity contribution in [3.05, 3.63) is 12.7 Å². The molecule has 1 aromatic rings. The van der Waals surface area contributed by atoms with Gasteiger partial charge in [0.2, 0.25) is 5.91 Å². The van der Waals surface area contributed by atoms with Crippen molar-refractivity contribution in [2.45, 2.75) is 25.9 Å². The highest BCUT2D eigenvalue weighted by molar-refractivity contribution is 5.84. The van der Waals surface area contributed by atoms with Crippen LogP contribution in [-0.4, -0.2) is 49.2 Å². The van der Waals surface area contributed by atoms with E-state index in [0.29, 0.717) is 6.54 Å². The SMILES string of the molecule is CC1CCN(C(=O)Cn2cncn2)C1C(=O)O. The third kappa shape index (κ3) is 2.27. The van der Waals surface area contributed by atoms with Crippen LogP contribution in [0.3, 0.4) is 0 Å². The van der Waals surface area contributed by atoms with Gasteiger partial charge in [-0.3, -0.25) is 4.79 Å². The van der Waals surface area contributed by atoms with E-state index in [2.05, 4.69) is 10.1 Å². The maximum Gasteiger partial charge on any atom is 0.326 e. The average molecular weight is 238 g/mol. The summed E-state index contributed by atoms with van der Waals surface area (Å²) in [6.07, 6.45) is 3.50. The topological polar surface area (TPSA) is 88.3 Å². The standard InChI is InChI=1S/C10H14N4O3/c1-7-2-3-14(9(7)10(16)17)8(15)4-13-6-11-5-12-13/h5-7,9H,2-4H2,1H3,(H,16,17). The maximum absolute atomic E-state index is 11.9. The molecule has 0 saturated carbocycles. The molecule has 2 heterocycles. The molecule has 1 amide bonds. The molecule has 1 aliphatic heterocycles. The lowest BCUT2D eigenvalue weighted by atomic mass is 10.0. The van der Waals surface area contributed by atoms with E-state index >= 15 is 0 Å². The molecule has 7 nitrogen and oxygen atoms in total. The molecule has 2 atom stereocenters. The molecule has 0 aromatic carbocycles. The molecule has 0 radical (unpaired) electrons. The molecular weight excluding hydrogens is 224 g/mol. The Bertz CT molecular complexity index is 417. The average Bonchev–Trinajstić information content (AvgIpc) is 2.86. The summed E-state index contributed by atoms with van der Waals surface area (Å²) in [5, 5.41) is 12.9. The minimum atomic E-state index is -0.943. The largest absolute Gasteiger partial charge is 0.480 e. The Morgan fingerprint density at radius 3 is 2.88 bits per heavy atom. The molecular formula is C10H14N4O3. The van der Waals surface area contributed by atoms with Crippen molar-refractivity contribution in [1.29, 1.82) is 0 Å². The summed E-state index contributed by atoms with van der Waals surface area (Å²) in [6.45, 7) is 2.38. The highest BCUT2D eigenvalue weighted by atomic mass is 16.4. The van der Waals surface area contributed by atoms with E-state index in [4.69, 9.17) is 5.11 Å². The number of amides is 1. The van der Waals surface area contributed by atoms with Crippen LogP contribution in [0.4, 0.5) is 0 Å². The van der Waals surface area contributed by atoms with Crippen molar-refractivity contribution in [3.63, 3.8) is 0 Å². The van der Waals surface area contributed by atoms with E-state index < -0.39 is 12.0 Å². The van der Waals surface area contributed by atoms with E-state index in [9.17, 15) is 9.59 Å². The van der Waals surface area contributed by atoms with Gasteiger partial charge < -0.3 is 10.0 Å². The molecule has 1 N–H and O–H groups in total. The minimum Gasteiger partial charge on any atom is -0.480 e. The molecule has 0 aliphatic carbocycles. The van der Waals surface area contributed by atoms with E-state index in [1.807, 2.05) is 6.92 Å². The van der Waals surface area contributed by atoms with Gasteiger partial charge in [0.15, 0.2) is 0 Å².